The van der Waals surface area contributed by atoms with Crippen molar-refractivity contribution in [2.75, 3.05) is 0 Å². The molecule has 2 aromatic carbocycles. The summed E-state index contributed by atoms with van der Waals surface area (Å²) in [6.45, 7) is 0.477. The van der Waals surface area contributed by atoms with Gasteiger partial charge in [0.25, 0.3) is 5.91 Å². The van der Waals surface area contributed by atoms with Crippen molar-refractivity contribution in [2.24, 2.45) is 5.73 Å². The highest BCUT2D eigenvalue weighted by Gasteiger charge is 2.27. The van der Waals surface area contributed by atoms with Gasteiger partial charge in [0.05, 0.1) is 6.04 Å². The van der Waals surface area contributed by atoms with Crippen molar-refractivity contribution in [2.45, 2.75) is 25.1 Å². The van der Waals surface area contributed by atoms with Crippen molar-refractivity contribution in [3.63, 3.8) is 0 Å². The fraction of sp³-hybridized carbons (Fsp3) is 0.190. The number of carbonyl (C=O) groups excluding carboxylic acids is 2. The first kappa shape index (κ1) is 19.3. The lowest BCUT2D eigenvalue weighted by Gasteiger charge is -2.22. The molecule has 0 radical (unpaired) electrons. The second-order valence-corrected chi connectivity index (χ2v) is 6.48. The lowest BCUT2D eigenvalue weighted by atomic mass is 10.0. The first-order valence-electron chi connectivity index (χ1n) is 8.92. The highest BCUT2D eigenvalue weighted by atomic mass is 16.3. The van der Waals surface area contributed by atoms with Crippen molar-refractivity contribution in [1.29, 1.82) is 0 Å². The van der Waals surface area contributed by atoms with E-state index in [1.165, 1.54) is 6.20 Å². The lowest BCUT2D eigenvalue weighted by molar-refractivity contribution is -0.127. The molecule has 0 fully saturated rings. The van der Waals surface area contributed by atoms with Gasteiger partial charge in [0, 0.05) is 18.9 Å². The number of hydrogen-bond donors (Lipinski definition) is 3. The summed E-state index contributed by atoms with van der Waals surface area (Å²) >= 11 is 0. The first-order chi connectivity index (χ1) is 13.5. The van der Waals surface area contributed by atoms with Crippen LogP contribution in [0.3, 0.4) is 0 Å². The maximum Gasteiger partial charge on any atom is 0.287 e. The molecule has 0 aliphatic heterocycles. The zero-order valence-electron chi connectivity index (χ0n) is 15.2. The van der Waals surface area contributed by atoms with E-state index in [2.05, 4.69) is 10.3 Å². The number of carbonyl (C=O) groups is 2. The SMILES string of the molecule is NC(=O)[C@@H](O)C(Cc1ccccc1)NC(=O)c1nccn1Cc1ccccc1. The molecule has 144 valence electrons. The number of amides is 2. The average molecular weight is 378 g/mol. The monoisotopic (exact) mass is 378 g/mol. The molecule has 2 amide bonds. The van der Waals surface area contributed by atoms with E-state index in [9.17, 15) is 14.7 Å². The van der Waals surface area contributed by atoms with Gasteiger partial charge in [-0.05, 0) is 17.5 Å². The maximum absolute atomic E-state index is 12.8. The Morgan fingerprint density at radius 1 is 1.04 bits per heavy atom. The van der Waals surface area contributed by atoms with Gasteiger partial charge in [-0.2, -0.15) is 0 Å². The predicted molar refractivity (Wildman–Crippen MR) is 104 cm³/mol. The van der Waals surface area contributed by atoms with Crippen LogP contribution in [0.1, 0.15) is 21.7 Å². The molecule has 0 spiro atoms. The van der Waals surface area contributed by atoms with Crippen LogP contribution in [0.5, 0.6) is 0 Å². The smallest absolute Gasteiger partial charge is 0.287 e. The topological polar surface area (TPSA) is 110 Å². The fourth-order valence-corrected chi connectivity index (χ4v) is 2.97. The van der Waals surface area contributed by atoms with Gasteiger partial charge in [-0.1, -0.05) is 60.7 Å². The standard InChI is InChI=1S/C21H22N4O3/c22-19(27)18(26)17(13-15-7-3-1-4-8-15)24-21(28)20-23-11-12-25(20)14-16-9-5-2-6-10-16/h1-12,17-18,26H,13-14H2,(H2,22,27)(H,24,28)/t17?,18-/m0/s1. The van der Waals surface area contributed by atoms with E-state index in [0.29, 0.717) is 6.54 Å². The zero-order chi connectivity index (χ0) is 19.9. The molecule has 1 unspecified atom stereocenters. The molecular weight excluding hydrogens is 356 g/mol. The minimum atomic E-state index is -1.51. The molecule has 7 heteroatoms. The van der Waals surface area contributed by atoms with Gasteiger partial charge in [-0.15, -0.1) is 0 Å². The van der Waals surface area contributed by atoms with Gasteiger partial charge in [-0.3, -0.25) is 9.59 Å². The molecule has 0 saturated carbocycles. The Kier molecular flexibility index (Phi) is 6.18. The predicted octanol–water partition coefficient (Wildman–Crippen LogP) is 1.12. The van der Waals surface area contributed by atoms with Crippen LogP contribution in [0.4, 0.5) is 0 Å². The maximum atomic E-state index is 12.8. The van der Waals surface area contributed by atoms with E-state index < -0.39 is 24.0 Å². The highest BCUT2D eigenvalue weighted by Crippen LogP contribution is 2.09. The molecule has 2 atom stereocenters. The minimum Gasteiger partial charge on any atom is -0.381 e. The second kappa shape index (κ2) is 8.96. The normalized spacial score (nSPS) is 12.9. The Balaban J connectivity index is 1.77. The third-order valence-corrected chi connectivity index (χ3v) is 4.40. The lowest BCUT2D eigenvalue weighted by Crippen LogP contribution is -2.50. The van der Waals surface area contributed by atoms with Crippen LogP contribution < -0.4 is 11.1 Å². The molecule has 3 rings (SSSR count). The number of aliphatic hydroxyl groups is 1. The van der Waals surface area contributed by atoms with Gasteiger partial charge in [0.1, 0.15) is 0 Å². The fourth-order valence-electron chi connectivity index (χ4n) is 2.97. The number of benzene rings is 2. The molecule has 28 heavy (non-hydrogen) atoms. The van der Waals surface area contributed by atoms with Crippen molar-refractivity contribution in [1.82, 2.24) is 14.9 Å². The number of rotatable bonds is 8. The van der Waals surface area contributed by atoms with Crippen LogP contribution in [-0.2, 0) is 17.8 Å². The van der Waals surface area contributed by atoms with Crippen LogP contribution in [0.25, 0.3) is 0 Å². The summed E-state index contributed by atoms with van der Waals surface area (Å²) in [7, 11) is 0. The third-order valence-electron chi connectivity index (χ3n) is 4.40. The highest BCUT2D eigenvalue weighted by molar-refractivity contribution is 5.91. The molecule has 0 aliphatic carbocycles. The Morgan fingerprint density at radius 3 is 2.25 bits per heavy atom. The molecule has 0 bridgehead atoms. The molecule has 3 aromatic rings. The molecule has 0 aliphatic rings. The Morgan fingerprint density at radius 2 is 1.64 bits per heavy atom. The Bertz CT molecular complexity index is 925. The van der Waals surface area contributed by atoms with E-state index >= 15 is 0 Å². The minimum absolute atomic E-state index is 0.193. The summed E-state index contributed by atoms with van der Waals surface area (Å²) in [5.74, 6) is -1.19. The van der Waals surface area contributed by atoms with Crippen LogP contribution in [0.2, 0.25) is 0 Å². The number of aliphatic hydroxyl groups excluding tert-OH is 1. The molecule has 1 aromatic heterocycles. The Labute approximate surface area is 162 Å². The number of primary amides is 1. The number of nitrogens with two attached hydrogens (primary N) is 1. The Hall–Kier alpha value is -3.45. The summed E-state index contributed by atoms with van der Waals surface area (Å²) in [6, 6.07) is 18.1. The number of nitrogens with zero attached hydrogens (tertiary/aromatic N) is 2. The number of imidazole rings is 1. The van der Waals surface area contributed by atoms with Crippen molar-refractivity contribution >= 4 is 11.8 Å². The van der Waals surface area contributed by atoms with Crippen molar-refractivity contribution in [3.05, 3.63) is 90.0 Å². The van der Waals surface area contributed by atoms with Gasteiger partial charge in [0.15, 0.2) is 11.9 Å². The van der Waals surface area contributed by atoms with Gasteiger partial charge >= 0.3 is 0 Å². The zero-order valence-corrected chi connectivity index (χ0v) is 15.2. The van der Waals surface area contributed by atoms with E-state index in [4.69, 9.17) is 5.73 Å². The van der Waals surface area contributed by atoms with E-state index in [0.717, 1.165) is 11.1 Å². The number of hydrogen-bond acceptors (Lipinski definition) is 4. The van der Waals surface area contributed by atoms with Gasteiger partial charge in [0.2, 0.25) is 5.91 Å². The van der Waals surface area contributed by atoms with Gasteiger partial charge < -0.3 is 20.7 Å². The quantitative estimate of drug-likeness (QED) is 0.545. The first-order valence-corrected chi connectivity index (χ1v) is 8.92. The summed E-state index contributed by atoms with van der Waals surface area (Å²) in [4.78, 5) is 28.4. The van der Waals surface area contributed by atoms with Crippen LogP contribution in [0.15, 0.2) is 73.1 Å². The van der Waals surface area contributed by atoms with E-state index in [1.807, 2.05) is 60.7 Å². The number of nitrogens with one attached hydrogen (secondary N) is 1. The number of aromatic nitrogens is 2. The van der Waals surface area contributed by atoms with E-state index in [1.54, 1.807) is 10.8 Å². The van der Waals surface area contributed by atoms with Gasteiger partial charge in [-0.25, -0.2) is 4.98 Å². The van der Waals surface area contributed by atoms with Crippen LogP contribution >= 0.6 is 0 Å². The van der Waals surface area contributed by atoms with E-state index in [-0.39, 0.29) is 12.2 Å². The summed E-state index contributed by atoms with van der Waals surface area (Å²) in [5, 5.41) is 12.9. The summed E-state index contributed by atoms with van der Waals surface area (Å²) in [5.41, 5.74) is 7.14. The average Bonchev–Trinajstić information content (AvgIpc) is 3.16. The second-order valence-electron chi connectivity index (χ2n) is 6.48. The van der Waals surface area contributed by atoms with Crippen molar-refractivity contribution in [3.8, 4) is 0 Å². The third kappa shape index (κ3) is 4.83. The largest absolute Gasteiger partial charge is 0.381 e. The molecule has 7 nitrogen and oxygen atoms in total. The van der Waals surface area contributed by atoms with Crippen LogP contribution in [0, 0.1) is 0 Å². The van der Waals surface area contributed by atoms with Crippen LogP contribution in [-0.4, -0.2) is 38.6 Å². The molecular formula is C21H22N4O3. The summed E-state index contributed by atoms with van der Waals surface area (Å²) in [6.07, 6.45) is 1.99. The molecule has 1 heterocycles. The summed E-state index contributed by atoms with van der Waals surface area (Å²) < 4.78 is 1.71. The molecule has 4 N–H and O–H groups in total. The molecule has 0 saturated heterocycles. The van der Waals surface area contributed by atoms with Crippen molar-refractivity contribution < 1.29 is 14.7 Å².